The van der Waals surface area contributed by atoms with Gasteiger partial charge in [-0.2, -0.15) is 0 Å². The molecule has 3 saturated heterocycles. The van der Waals surface area contributed by atoms with Gasteiger partial charge in [-0.25, -0.2) is 0 Å². The summed E-state index contributed by atoms with van der Waals surface area (Å²) >= 11 is 6.56. The van der Waals surface area contributed by atoms with E-state index in [1.165, 1.54) is 4.90 Å². The van der Waals surface area contributed by atoms with Crippen LogP contribution in [0.4, 0.5) is 5.69 Å². The van der Waals surface area contributed by atoms with E-state index in [-0.39, 0.29) is 42.7 Å². The van der Waals surface area contributed by atoms with Crippen molar-refractivity contribution in [2.75, 3.05) is 31.6 Å². The number of aliphatic hydroxyl groups excluding tert-OH is 1. The van der Waals surface area contributed by atoms with E-state index < -0.39 is 35.1 Å². The number of nitrogens with zero attached hydrogens (tertiary/aromatic N) is 3. The number of halogens is 1. The van der Waals surface area contributed by atoms with Gasteiger partial charge >= 0.3 is 0 Å². The minimum absolute atomic E-state index is 0.0952. The fraction of sp³-hybridized carbons (Fsp3) is 0.581. The first-order valence-electron chi connectivity index (χ1n) is 14.1. The Labute approximate surface area is 242 Å². The van der Waals surface area contributed by atoms with Crippen molar-refractivity contribution in [2.24, 2.45) is 23.7 Å². The van der Waals surface area contributed by atoms with Crippen molar-refractivity contribution in [3.63, 3.8) is 0 Å². The van der Waals surface area contributed by atoms with Crippen LogP contribution in [0.1, 0.15) is 40.5 Å². The van der Waals surface area contributed by atoms with Crippen molar-refractivity contribution >= 4 is 35.0 Å². The maximum atomic E-state index is 14.8. The molecule has 0 saturated carbocycles. The number of likely N-dealkylation sites (N-methyl/N-ethyl adjacent to an activating group) is 1. The van der Waals surface area contributed by atoms with Crippen LogP contribution >= 0.6 is 11.6 Å². The number of amides is 3. The molecule has 3 fully saturated rings. The zero-order valence-corrected chi connectivity index (χ0v) is 24.9. The average molecular weight is 572 g/mol. The van der Waals surface area contributed by atoms with Gasteiger partial charge in [0.15, 0.2) is 0 Å². The van der Waals surface area contributed by atoms with E-state index in [4.69, 9.17) is 16.3 Å². The zero-order chi connectivity index (χ0) is 29.6. The maximum absolute atomic E-state index is 14.8. The Bertz CT molecular complexity index is 1190. The smallest absolute Gasteiger partial charge is 0.253 e. The van der Waals surface area contributed by atoms with Crippen molar-refractivity contribution in [1.29, 1.82) is 0 Å². The summed E-state index contributed by atoms with van der Waals surface area (Å²) in [6.45, 7) is 15.6. The minimum atomic E-state index is -1.24. The lowest BCUT2D eigenvalue weighted by molar-refractivity contribution is -0.154. The SMILES string of the molecule is C=CCN(C)C(=O)[C@@H]1[C@H]2C(=O)N([C@@H](CO)[C@@H](C)CC)C(C(=O)N(CC=C)c3ccccc3Cl)C23CC(C)[C@@]1(C)O3. The van der Waals surface area contributed by atoms with Crippen LogP contribution in [0.2, 0.25) is 5.02 Å². The molecule has 3 heterocycles. The molecule has 40 heavy (non-hydrogen) atoms. The molecule has 3 aliphatic rings. The van der Waals surface area contributed by atoms with E-state index in [9.17, 15) is 19.5 Å². The van der Waals surface area contributed by atoms with Gasteiger partial charge < -0.3 is 24.5 Å². The first-order valence-corrected chi connectivity index (χ1v) is 14.5. The van der Waals surface area contributed by atoms with Crippen LogP contribution in [0.5, 0.6) is 0 Å². The molecule has 4 rings (SSSR count). The zero-order valence-electron chi connectivity index (χ0n) is 24.2. The molecule has 3 aliphatic heterocycles. The molecule has 0 aliphatic carbocycles. The first kappa shape index (κ1) is 30.3. The molecule has 0 radical (unpaired) electrons. The predicted molar refractivity (Wildman–Crippen MR) is 156 cm³/mol. The number of hydrogen-bond donors (Lipinski definition) is 1. The summed E-state index contributed by atoms with van der Waals surface area (Å²) in [6, 6.07) is 5.36. The normalized spacial score (nSPS) is 32.0. The molecule has 0 aromatic heterocycles. The summed E-state index contributed by atoms with van der Waals surface area (Å²) in [6.07, 6.45) is 4.38. The topological polar surface area (TPSA) is 90.4 Å². The highest BCUT2D eigenvalue weighted by atomic mass is 35.5. The van der Waals surface area contributed by atoms with Crippen LogP contribution in [0.15, 0.2) is 49.6 Å². The van der Waals surface area contributed by atoms with E-state index in [0.29, 0.717) is 30.1 Å². The number of fused-ring (bicyclic) bond motifs is 1. The fourth-order valence-electron chi connectivity index (χ4n) is 7.28. The van der Waals surface area contributed by atoms with Crippen LogP contribution in [0, 0.1) is 23.7 Å². The third kappa shape index (κ3) is 4.39. The van der Waals surface area contributed by atoms with E-state index in [1.807, 2.05) is 27.7 Å². The second-order valence-electron chi connectivity index (χ2n) is 11.8. The number of benzene rings is 1. The van der Waals surface area contributed by atoms with Crippen molar-refractivity contribution < 1.29 is 24.2 Å². The van der Waals surface area contributed by atoms with E-state index >= 15 is 0 Å². The van der Waals surface area contributed by atoms with Crippen LogP contribution in [0.3, 0.4) is 0 Å². The number of anilines is 1. The molecule has 1 spiro atoms. The molecule has 3 unspecified atom stereocenters. The number of carbonyl (C=O) groups is 3. The van der Waals surface area contributed by atoms with E-state index in [2.05, 4.69) is 13.2 Å². The van der Waals surface area contributed by atoms with Gasteiger partial charge in [-0.15, -0.1) is 13.2 Å². The number of likely N-dealkylation sites (tertiary alicyclic amines) is 1. The molecular weight excluding hydrogens is 530 g/mol. The molecule has 9 heteroatoms. The van der Waals surface area contributed by atoms with Crippen molar-refractivity contribution in [2.45, 2.75) is 63.8 Å². The number of para-hydroxylation sites is 1. The van der Waals surface area contributed by atoms with Crippen LogP contribution in [0.25, 0.3) is 0 Å². The lowest BCUT2D eigenvalue weighted by Crippen LogP contribution is -2.60. The Kier molecular flexibility index (Phi) is 8.56. The Morgan fingerprint density at radius 1 is 1.25 bits per heavy atom. The monoisotopic (exact) mass is 571 g/mol. The van der Waals surface area contributed by atoms with Crippen LogP contribution < -0.4 is 4.90 Å². The number of aliphatic hydroxyl groups is 1. The highest BCUT2D eigenvalue weighted by molar-refractivity contribution is 6.34. The third-order valence-corrected chi connectivity index (χ3v) is 9.92. The minimum Gasteiger partial charge on any atom is -0.394 e. The number of rotatable bonds is 11. The maximum Gasteiger partial charge on any atom is 0.253 e. The molecule has 1 aromatic rings. The first-order chi connectivity index (χ1) is 18.9. The summed E-state index contributed by atoms with van der Waals surface area (Å²) < 4.78 is 6.86. The van der Waals surface area contributed by atoms with Gasteiger partial charge in [-0.3, -0.25) is 14.4 Å². The molecule has 1 N–H and O–H groups in total. The Balaban J connectivity index is 1.92. The van der Waals surface area contributed by atoms with Crippen LogP contribution in [-0.2, 0) is 19.1 Å². The lowest BCUT2D eigenvalue weighted by Gasteiger charge is -2.41. The Morgan fingerprint density at radius 3 is 2.48 bits per heavy atom. The third-order valence-electron chi connectivity index (χ3n) is 9.60. The van der Waals surface area contributed by atoms with Gasteiger partial charge in [-0.1, -0.05) is 63.1 Å². The second kappa shape index (κ2) is 11.3. The largest absolute Gasteiger partial charge is 0.394 e. The number of hydrogen-bond acceptors (Lipinski definition) is 5. The molecule has 8 nitrogen and oxygen atoms in total. The van der Waals surface area contributed by atoms with E-state index in [0.717, 1.165) is 0 Å². The molecule has 218 valence electrons. The Hall–Kier alpha value is -2.68. The fourth-order valence-corrected chi connectivity index (χ4v) is 7.52. The summed E-state index contributed by atoms with van der Waals surface area (Å²) in [5.41, 5.74) is -1.68. The van der Waals surface area contributed by atoms with Crippen molar-refractivity contribution in [3.05, 3.63) is 54.6 Å². The summed E-state index contributed by atoms with van der Waals surface area (Å²) in [4.78, 5) is 47.9. The van der Waals surface area contributed by atoms with Gasteiger partial charge in [0.1, 0.15) is 11.6 Å². The van der Waals surface area contributed by atoms with Crippen molar-refractivity contribution in [3.8, 4) is 0 Å². The standard InChI is InChI=1S/C31H42ClN3O5/c1-8-15-33(7)27(37)24-25-28(38)35(23(18-36)19(4)10-3)26(31(25)17-20(5)30(24,6)40-31)29(39)34(16-9-2)22-14-12-11-13-21(22)32/h8-9,11-14,19-20,23-26,36H,1-2,10,15-18H2,3-7H3/t19-,20?,23-,24-,25-,26?,30+,31?/m0/s1. The van der Waals surface area contributed by atoms with Gasteiger partial charge in [0.2, 0.25) is 11.8 Å². The summed E-state index contributed by atoms with van der Waals surface area (Å²) in [5.74, 6) is -2.74. The van der Waals surface area contributed by atoms with Gasteiger partial charge in [0.25, 0.3) is 5.91 Å². The van der Waals surface area contributed by atoms with Crippen LogP contribution in [-0.4, -0.2) is 82.7 Å². The Morgan fingerprint density at radius 2 is 1.90 bits per heavy atom. The lowest BCUT2D eigenvalue weighted by atomic mass is 9.62. The molecule has 8 atom stereocenters. The predicted octanol–water partition coefficient (Wildman–Crippen LogP) is 3.92. The average Bonchev–Trinajstić information content (AvgIpc) is 3.44. The summed E-state index contributed by atoms with van der Waals surface area (Å²) in [7, 11) is 1.69. The summed E-state index contributed by atoms with van der Waals surface area (Å²) in [5, 5.41) is 11.0. The quantitative estimate of drug-likeness (QED) is 0.407. The number of carbonyl (C=O) groups excluding carboxylic acids is 3. The highest BCUT2D eigenvalue weighted by Crippen LogP contribution is 2.66. The van der Waals surface area contributed by atoms with Gasteiger partial charge in [-0.05, 0) is 37.3 Å². The second-order valence-corrected chi connectivity index (χ2v) is 12.2. The molecule has 2 bridgehead atoms. The van der Waals surface area contributed by atoms with Crippen molar-refractivity contribution in [1.82, 2.24) is 9.80 Å². The molecule has 3 amide bonds. The van der Waals surface area contributed by atoms with E-state index in [1.54, 1.807) is 53.3 Å². The highest BCUT2D eigenvalue weighted by Gasteiger charge is 2.80. The molecule has 1 aromatic carbocycles. The molecular formula is C31H42ClN3O5. The number of ether oxygens (including phenoxy) is 1. The van der Waals surface area contributed by atoms with Gasteiger partial charge in [0.05, 0.1) is 40.8 Å². The van der Waals surface area contributed by atoms with Gasteiger partial charge in [0, 0.05) is 20.1 Å².